The quantitative estimate of drug-likeness (QED) is 0.858. The summed E-state index contributed by atoms with van der Waals surface area (Å²) in [6.07, 6.45) is 0. The highest BCUT2D eigenvalue weighted by Crippen LogP contribution is 2.33. The second-order valence-electron chi connectivity index (χ2n) is 4.50. The highest BCUT2D eigenvalue weighted by atomic mass is 16.5. The Morgan fingerprint density at radius 2 is 2.00 bits per heavy atom. The van der Waals surface area contributed by atoms with Crippen molar-refractivity contribution in [2.24, 2.45) is 5.73 Å². The highest BCUT2D eigenvalue weighted by Gasteiger charge is 2.29. The molecule has 1 unspecified atom stereocenters. The van der Waals surface area contributed by atoms with Gasteiger partial charge in [0.05, 0.1) is 14.2 Å². The van der Waals surface area contributed by atoms with Gasteiger partial charge in [-0.25, -0.2) is 0 Å². The van der Waals surface area contributed by atoms with Crippen LogP contribution in [0, 0.1) is 0 Å². The summed E-state index contributed by atoms with van der Waals surface area (Å²) in [6, 6.07) is 6.60. The first-order valence-corrected chi connectivity index (χ1v) is 5.87. The van der Waals surface area contributed by atoms with Crippen LogP contribution in [0.15, 0.2) is 18.2 Å². The summed E-state index contributed by atoms with van der Waals surface area (Å²) in [7, 11) is 3.35. The van der Waals surface area contributed by atoms with Gasteiger partial charge in [0.1, 0.15) is 11.5 Å². The van der Waals surface area contributed by atoms with Gasteiger partial charge in [-0.1, -0.05) is 6.07 Å². The van der Waals surface area contributed by atoms with E-state index in [1.807, 2.05) is 12.1 Å². The minimum Gasteiger partial charge on any atom is -0.497 e. The van der Waals surface area contributed by atoms with Crippen LogP contribution in [0.25, 0.3) is 0 Å². The number of methoxy groups -OCH3 is 2. The van der Waals surface area contributed by atoms with E-state index in [2.05, 4.69) is 17.9 Å². The Bertz CT molecular complexity index is 389. The van der Waals surface area contributed by atoms with Crippen molar-refractivity contribution in [3.63, 3.8) is 0 Å². The molecule has 1 aromatic carbocycles. The van der Waals surface area contributed by atoms with Crippen LogP contribution in [0.2, 0.25) is 0 Å². The summed E-state index contributed by atoms with van der Waals surface area (Å²) in [5.74, 6) is 1.69. The Morgan fingerprint density at radius 1 is 1.29 bits per heavy atom. The first-order chi connectivity index (χ1) is 8.15. The van der Waals surface area contributed by atoms with E-state index < -0.39 is 0 Å². The molecule has 94 valence electrons. The van der Waals surface area contributed by atoms with Crippen molar-refractivity contribution in [3.05, 3.63) is 23.8 Å². The lowest BCUT2D eigenvalue weighted by molar-refractivity contribution is 0.102. The maximum Gasteiger partial charge on any atom is 0.127 e. The van der Waals surface area contributed by atoms with Crippen LogP contribution < -0.4 is 15.2 Å². The van der Waals surface area contributed by atoms with E-state index >= 15 is 0 Å². The zero-order valence-electron chi connectivity index (χ0n) is 10.6. The number of nitrogens with two attached hydrogens (primary N) is 1. The van der Waals surface area contributed by atoms with Crippen molar-refractivity contribution in [3.8, 4) is 11.5 Å². The molecule has 1 fully saturated rings. The number of rotatable bonds is 4. The first kappa shape index (κ1) is 12.2. The smallest absolute Gasteiger partial charge is 0.127 e. The Hall–Kier alpha value is -1.26. The summed E-state index contributed by atoms with van der Waals surface area (Å²) in [5.41, 5.74) is 6.99. The maximum atomic E-state index is 5.81. The number of hydrogen-bond donors (Lipinski definition) is 1. The molecule has 0 aromatic heterocycles. The number of nitrogens with zero attached hydrogens (tertiary/aromatic N) is 1. The molecule has 1 aliphatic heterocycles. The molecule has 2 N–H and O–H groups in total. The molecule has 1 saturated heterocycles. The molecule has 2 rings (SSSR count). The van der Waals surface area contributed by atoms with Crippen LogP contribution in [0.4, 0.5) is 0 Å². The monoisotopic (exact) mass is 236 g/mol. The minimum atomic E-state index is 0.321. The van der Waals surface area contributed by atoms with Gasteiger partial charge in [-0.05, 0) is 13.0 Å². The van der Waals surface area contributed by atoms with Crippen molar-refractivity contribution in [2.75, 3.05) is 27.3 Å². The molecule has 1 heterocycles. The molecule has 4 heteroatoms. The molecule has 0 aliphatic carbocycles. The predicted octanol–water partition coefficient (Wildman–Crippen LogP) is 1.41. The Kier molecular flexibility index (Phi) is 3.54. The second-order valence-corrected chi connectivity index (χ2v) is 4.50. The van der Waals surface area contributed by atoms with E-state index in [0.29, 0.717) is 12.1 Å². The highest BCUT2D eigenvalue weighted by molar-refractivity contribution is 5.42. The first-order valence-electron chi connectivity index (χ1n) is 5.87. The van der Waals surface area contributed by atoms with Crippen molar-refractivity contribution in [1.29, 1.82) is 0 Å². The van der Waals surface area contributed by atoms with E-state index in [1.165, 1.54) is 5.56 Å². The minimum absolute atomic E-state index is 0.321. The molecule has 1 atom stereocenters. The fourth-order valence-corrected chi connectivity index (χ4v) is 2.23. The molecule has 0 spiro atoms. The summed E-state index contributed by atoms with van der Waals surface area (Å²) >= 11 is 0. The lowest BCUT2D eigenvalue weighted by atomic mass is 10.00. The SMILES string of the molecule is COc1ccc(C(C)N2CC(N)C2)c(OC)c1. The van der Waals surface area contributed by atoms with Gasteiger partial charge in [0.25, 0.3) is 0 Å². The summed E-state index contributed by atoms with van der Waals surface area (Å²) in [4.78, 5) is 2.34. The van der Waals surface area contributed by atoms with Crippen molar-refractivity contribution in [2.45, 2.75) is 19.0 Å². The third-order valence-corrected chi connectivity index (χ3v) is 3.38. The van der Waals surface area contributed by atoms with Gasteiger partial charge in [0.2, 0.25) is 0 Å². The van der Waals surface area contributed by atoms with Crippen LogP contribution in [0.5, 0.6) is 11.5 Å². The van der Waals surface area contributed by atoms with E-state index in [4.69, 9.17) is 15.2 Å². The van der Waals surface area contributed by atoms with Crippen LogP contribution in [-0.2, 0) is 0 Å². The van der Waals surface area contributed by atoms with Crippen LogP contribution >= 0.6 is 0 Å². The lowest BCUT2D eigenvalue weighted by Gasteiger charge is -2.41. The second kappa shape index (κ2) is 4.94. The molecule has 0 radical (unpaired) electrons. The summed E-state index contributed by atoms with van der Waals surface area (Å²) < 4.78 is 10.6. The third-order valence-electron chi connectivity index (χ3n) is 3.38. The molecule has 1 aliphatic rings. The van der Waals surface area contributed by atoms with Crippen LogP contribution in [0.1, 0.15) is 18.5 Å². The van der Waals surface area contributed by atoms with Gasteiger partial charge in [-0.2, -0.15) is 0 Å². The van der Waals surface area contributed by atoms with Crippen molar-refractivity contribution >= 4 is 0 Å². The molecule has 4 nitrogen and oxygen atoms in total. The van der Waals surface area contributed by atoms with Gasteiger partial charge >= 0.3 is 0 Å². The molecule has 0 bridgehead atoms. The van der Waals surface area contributed by atoms with Gasteiger partial charge < -0.3 is 15.2 Å². The standard InChI is InChI=1S/C13H20N2O2/c1-9(15-7-10(14)8-15)12-5-4-11(16-2)6-13(12)17-3/h4-6,9-10H,7-8,14H2,1-3H3. The fourth-order valence-electron chi connectivity index (χ4n) is 2.23. The fraction of sp³-hybridized carbons (Fsp3) is 0.538. The van der Waals surface area contributed by atoms with E-state index in [0.717, 1.165) is 24.6 Å². The Morgan fingerprint density at radius 3 is 2.53 bits per heavy atom. The van der Waals surface area contributed by atoms with Crippen molar-refractivity contribution < 1.29 is 9.47 Å². The molecule has 0 amide bonds. The van der Waals surface area contributed by atoms with Gasteiger partial charge in [0, 0.05) is 36.8 Å². The average molecular weight is 236 g/mol. The number of likely N-dealkylation sites (tertiary alicyclic amines) is 1. The average Bonchev–Trinajstić information content (AvgIpc) is 2.33. The summed E-state index contributed by atoms with van der Waals surface area (Å²) in [5, 5.41) is 0. The largest absolute Gasteiger partial charge is 0.497 e. The molecule has 0 saturated carbocycles. The van der Waals surface area contributed by atoms with E-state index in [1.54, 1.807) is 14.2 Å². The van der Waals surface area contributed by atoms with Gasteiger partial charge in [0.15, 0.2) is 0 Å². The summed E-state index contributed by atoms with van der Waals surface area (Å²) in [6.45, 7) is 4.09. The Balaban J connectivity index is 2.19. The zero-order valence-corrected chi connectivity index (χ0v) is 10.6. The number of hydrogen-bond acceptors (Lipinski definition) is 4. The maximum absolute atomic E-state index is 5.81. The van der Waals surface area contributed by atoms with E-state index in [9.17, 15) is 0 Å². The lowest BCUT2D eigenvalue weighted by Crippen LogP contribution is -2.56. The van der Waals surface area contributed by atoms with Gasteiger partial charge in [-0.3, -0.25) is 4.90 Å². The third kappa shape index (κ3) is 2.37. The molecule has 1 aromatic rings. The van der Waals surface area contributed by atoms with Crippen molar-refractivity contribution in [1.82, 2.24) is 4.90 Å². The molecule has 17 heavy (non-hydrogen) atoms. The van der Waals surface area contributed by atoms with Crippen LogP contribution in [-0.4, -0.2) is 38.3 Å². The zero-order chi connectivity index (χ0) is 12.4. The topological polar surface area (TPSA) is 47.7 Å². The normalized spacial score (nSPS) is 18.6. The predicted molar refractivity (Wildman–Crippen MR) is 67.5 cm³/mol. The Labute approximate surface area is 102 Å². The molecular formula is C13H20N2O2. The molecular weight excluding hydrogens is 216 g/mol. The number of benzene rings is 1. The number of ether oxygens (including phenoxy) is 2. The van der Waals surface area contributed by atoms with Gasteiger partial charge in [-0.15, -0.1) is 0 Å². The van der Waals surface area contributed by atoms with E-state index in [-0.39, 0.29) is 0 Å². The van der Waals surface area contributed by atoms with Crippen LogP contribution in [0.3, 0.4) is 0 Å².